The van der Waals surface area contributed by atoms with Crippen LogP contribution >= 0.6 is 11.6 Å². The molecule has 0 saturated carbocycles. The highest BCUT2D eigenvalue weighted by Crippen LogP contribution is 2.38. The fourth-order valence-corrected chi connectivity index (χ4v) is 4.51. The normalized spacial score (nSPS) is 16.6. The van der Waals surface area contributed by atoms with Gasteiger partial charge in [0.15, 0.2) is 11.0 Å². The summed E-state index contributed by atoms with van der Waals surface area (Å²) in [5.74, 6) is -0.722. The maximum atomic E-state index is 13.4. The van der Waals surface area contributed by atoms with Crippen LogP contribution in [-0.2, 0) is 11.0 Å². The number of halogens is 4. The van der Waals surface area contributed by atoms with Crippen LogP contribution in [0.3, 0.4) is 0 Å². The van der Waals surface area contributed by atoms with E-state index in [2.05, 4.69) is 4.90 Å². The van der Waals surface area contributed by atoms with Gasteiger partial charge in [0.05, 0.1) is 28.1 Å². The molecule has 1 saturated heterocycles. The molecule has 2 aromatic carbocycles. The predicted molar refractivity (Wildman–Crippen MR) is 125 cm³/mol. The van der Waals surface area contributed by atoms with Gasteiger partial charge in [-0.3, -0.25) is 9.59 Å². The number of para-hydroxylation sites is 1. The summed E-state index contributed by atoms with van der Waals surface area (Å²) in [6.07, 6.45) is -3.11. The lowest BCUT2D eigenvalue weighted by Gasteiger charge is -2.17. The number of benzene rings is 2. The zero-order valence-corrected chi connectivity index (χ0v) is 19.4. The summed E-state index contributed by atoms with van der Waals surface area (Å²) in [7, 11) is 0. The number of nitrogens with zero attached hydrogens (tertiary/aromatic N) is 1. The van der Waals surface area contributed by atoms with E-state index in [9.17, 15) is 22.8 Å². The molecular weight excluding hydrogens is 487 g/mol. The molecule has 1 atom stereocenters. The second-order valence-electron chi connectivity index (χ2n) is 8.56. The Hall–Kier alpha value is -3.04. The Kier molecular flexibility index (Phi) is 7.37. The minimum Gasteiger partial charge on any atom is -0.493 e. The third-order valence-corrected chi connectivity index (χ3v) is 6.29. The molecule has 186 valence electrons. The van der Waals surface area contributed by atoms with Gasteiger partial charge in [-0.2, -0.15) is 13.2 Å². The van der Waals surface area contributed by atoms with Crippen LogP contribution in [0.1, 0.15) is 24.8 Å². The molecule has 6 nitrogen and oxygen atoms in total. The van der Waals surface area contributed by atoms with Crippen molar-refractivity contribution in [2.24, 2.45) is 5.92 Å². The summed E-state index contributed by atoms with van der Waals surface area (Å²) >= 11 is 6.17. The van der Waals surface area contributed by atoms with Gasteiger partial charge in [-0.15, -0.1) is 0 Å². The molecular formula is C25H23ClF3NO5. The van der Waals surface area contributed by atoms with Crippen LogP contribution in [0, 0.1) is 5.92 Å². The van der Waals surface area contributed by atoms with Crippen molar-refractivity contribution >= 4 is 28.5 Å². The molecule has 10 heteroatoms. The minimum atomic E-state index is -4.57. The Morgan fingerprint density at radius 2 is 2.03 bits per heavy atom. The highest BCUT2D eigenvalue weighted by atomic mass is 35.5. The number of rotatable bonds is 8. The summed E-state index contributed by atoms with van der Waals surface area (Å²) in [6.45, 7) is 2.21. The molecule has 1 aliphatic rings. The quantitative estimate of drug-likeness (QED) is 0.392. The number of aliphatic carboxylic acids is 1. The Morgan fingerprint density at radius 1 is 1.23 bits per heavy atom. The van der Waals surface area contributed by atoms with Crippen molar-refractivity contribution in [3.8, 4) is 17.1 Å². The molecule has 0 radical (unpaired) electrons. The van der Waals surface area contributed by atoms with Gasteiger partial charge in [0.1, 0.15) is 11.5 Å². The van der Waals surface area contributed by atoms with Crippen LogP contribution < -0.4 is 10.2 Å². The van der Waals surface area contributed by atoms with Crippen LogP contribution in [0.15, 0.2) is 51.7 Å². The van der Waals surface area contributed by atoms with Gasteiger partial charge in [-0.25, -0.2) is 0 Å². The van der Waals surface area contributed by atoms with E-state index in [0.29, 0.717) is 19.5 Å². The van der Waals surface area contributed by atoms with Gasteiger partial charge in [0.25, 0.3) is 0 Å². The molecule has 0 bridgehead atoms. The van der Waals surface area contributed by atoms with Crippen LogP contribution in [0.4, 0.5) is 13.2 Å². The maximum absolute atomic E-state index is 13.4. The molecule has 4 rings (SSSR count). The van der Waals surface area contributed by atoms with Crippen molar-refractivity contribution in [1.82, 2.24) is 4.90 Å². The Labute approximate surface area is 203 Å². The van der Waals surface area contributed by atoms with E-state index in [4.69, 9.17) is 25.9 Å². The number of fused-ring (bicyclic) bond motifs is 1. The van der Waals surface area contributed by atoms with Crippen molar-refractivity contribution < 1.29 is 32.2 Å². The Morgan fingerprint density at radius 3 is 2.77 bits per heavy atom. The summed E-state index contributed by atoms with van der Waals surface area (Å²) in [5, 5.41) is 9.41. The Bertz CT molecular complexity index is 1290. The van der Waals surface area contributed by atoms with Gasteiger partial charge in [0.2, 0.25) is 0 Å². The average Bonchev–Trinajstić information content (AvgIpc) is 3.23. The fraction of sp³-hybridized carbons (Fsp3) is 0.360. The van der Waals surface area contributed by atoms with Crippen LogP contribution in [-0.4, -0.2) is 42.2 Å². The van der Waals surface area contributed by atoms with Gasteiger partial charge in [0, 0.05) is 25.6 Å². The SMILES string of the molecule is O=C(O)CC1CCN(CCCOc2cc(C(F)(F)F)ccc2-c2cc(=O)c3cccc(Cl)c3o2)C1. The van der Waals surface area contributed by atoms with Crippen LogP contribution in [0.25, 0.3) is 22.3 Å². The molecule has 0 amide bonds. The van der Waals surface area contributed by atoms with Gasteiger partial charge in [-0.05, 0) is 55.6 Å². The van der Waals surface area contributed by atoms with E-state index < -0.39 is 17.7 Å². The van der Waals surface area contributed by atoms with E-state index in [1.807, 2.05) is 0 Å². The highest BCUT2D eigenvalue weighted by Gasteiger charge is 2.32. The first-order chi connectivity index (χ1) is 16.6. The lowest BCUT2D eigenvalue weighted by Crippen LogP contribution is -2.24. The molecule has 35 heavy (non-hydrogen) atoms. The highest BCUT2D eigenvalue weighted by molar-refractivity contribution is 6.34. The predicted octanol–water partition coefficient (Wildman–Crippen LogP) is 5.70. The largest absolute Gasteiger partial charge is 0.493 e. The zero-order chi connectivity index (χ0) is 25.2. The second kappa shape index (κ2) is 10.3. The summed E-state index contributed by atoms with van der Waals surface area (Å²) in [4.78, 5) is 25.6. The molecule has 1 unspecified atom stereocenters. The molecule has 1 N–H and O–H groups in total. The fourth-order valence-electron chi connectivity index (χ4n) is 4.30. The first-order valence-corrected chi connectivity index (χ1v) is 11.5. The van der Waals surface area contributed by atoms with Gasteiger partial charge >= 0.3 is 12.1 Å². The number of carbonyl (C=O) groups is 1. The zero-order valence-electron chi connectivity index (χ0n) is 18.6. The summed E-state index contributed by atoms with van der Waals surface area (Å²) < 4.78 is 51.6. The van der Waals surface area contributed by atoms with Crippen molar-refractivity contribution in [3.63, 3.8) is 0 Å². The number of hydrogen-bond acceptors (Lipinski definition) is 5. The third kappa shape index (κ3) is 5.97. The van der Waals surface area contributed by atoms with Crippen molar-refractivity contribution in [1.29, 1.82) is 0 Å². The monoisotopic (exact) mass is 509 g/mol. The van der Waals surface area contributed by atoms with Crippen molar-refractivity contribution in [2.45, 2.75) is 25.4 Å². The van der Waals surface area contributed by atoms with Gasteiger partial charge in [-0.1, -0.05) is 17.7 Å². The molecule has 1 fully saturated rings. The lowest BCUT2D eigenvalue weighted by atomic mass is 10.1. The standard InChI is InChI=1S/C25H23ClF3NO5/c26-19-4-1-3-17-20(31)13-22(35-24(17)19)18-6-5-16(25(27,28)29)12-21(18)34-10-2-8-30-9-7-15(14-30)11-23(32)33/h1,3-6,12-13,15H,2,7-11,14H2,(H,32,33). The minimum absolute atomic E-state index is 0.0513. The lowest BCUT2D eigenvalue weighted by molar-refractivity contribution is -0.138. The van der Waals surface area contributed by atoms with E-state index >= 15 is 0 Å². The number of ether oxygens (including phenoxy) is 1. The average molecular weight is 510 g/mol. The first kappa shape index (κ1) is 25.1. The van der Waals surface area contributed by atoms with E-state index in [1.165, 1.54) is 12.1 Å². The maximum Gasteiger partial charge on any atom is 0.416 e. The van der Waals surface area contributed by atoms with E-state index in [1.54, 1.807) is 18.2 Å². The van der Waals surface area contributed by atoms with Crippen LogP contribution in [0.2, 0.25) is 5.02 Å². The topological polar surface area (TPSA) is 80.0 Å². The number of carboxylic acid groups (broad SMARTS) is 1. The molecule has 0 aliphatic carbocycles. The van der Waals surface area contributed by atoms with Crippen molar-refractivity contribution in [3.05, 3.63) is 63.3 Å². The summed E-state index contributed by atoms with van der Waals surface area (Å²) in [5.41, 5.74) is -0.903. The number of hydrogen-bond donors (Lipinski definition) is 1. The van der Waals surface area contributed by atoms with E-state index in [0.717, 1.165) is 25.1 Å². The van der Waals surface area contributed by atoms with E-state index in [-0.39, 0.29) is 57.4 Å². The number of likely N-dealkylation sites (tertiary alicyclic amines) is 1. The van der Waals surface area contributed by atoms with Crippen molar-refractivity contribution in [2.75, 3.05) is 26.2 Å². The Balaban J connectivity index is 1.54. The number of carboxylic acids is 1. The number of alkyl halides is 3. The third-order valence-electron chi connectivity index (χ3n) is 5.99. The molecule has 0 spiro atoms. The molecule has 2 heterocycles. The van der Waals surface area contributed by atoms with Gasteiger partial charge < -0.3 is 19.2 Å². The molecule has 3 aromatic rings. The molecule has 1 aliphatic heterocycles. The summed E-state index contributed by atoms with van der Waals surface area (Å²) in [6, 6.07) is 8.95. The smallest absolute Gasteiger partial charge is 0.416 e. The molecule has 1 aromatic heterocycles. The second-order valence-corrected chi connectivity index (χ2v) is 8.96. The first-order valence-electron chi connectivity index (χ1n) is 11.1. The van der Waals surface area contributed by atoms with Crippen LogP contribution in [0.5, 0.6) is 5.75 Å².